The van der Waals surface area contributed by atoms with Gasteiger partial charge in [0.1, 0.15) is 0 Å². The number of rotatable bonds is 1. The molecule has 4 aromatic rings. The lowest BCUT2D eigenvalue weighted by Crippen LogP contribution is -1.92. The third-order valence-electron chi connectivity index (χ3n) is 3.46. The number of imidazole rings is 1. The Morgan fingerprint density at radius 2 is 1.78 bits per heavy atom. The van der Waals surface area contributed by atoms with Crippen LogP contribution in [0.1, 0.15) is 5.56 Å². The highest BCUT2D eigenvalue weighted by molar-refractivity contribution is 6.30. The first-order chi connectivity index (χ1) is 11.3. The lowest BCUT2D eigenvalue weighted by molar-refractivity contribution is 0.577. The minimum absolute atomic E-state index is 0.687. The smallest absolute Gasteiger partial charge is 0.189 e. The average Bonchev–Trinajstić information content (AvgIpc) is 3.22. The van der Waals surface area contributed by atoms with E-state index in [2.05, 4.69) is 16.9 Å². The van der Waals surface area contributed by atoms with Crippen molar-refractivity contribution in [2.45, 2.75) is 0 Å². The van der Waals surface area contributed by atoms with E-state index in [0.717, 1.165) is 16.6 Å². The molecule has 0 aliphatic heterocycles. The summed E-state index contributed by atoms with van der Waals surface area (Å²) >= 11 is 5.91. The van der Waals surface area contributed by atoms with Gasteiger partial charge in [0, 0.05) is 16.6 Å². The highest BCUT2D eigenvalue weighted by atomic mass is 35.5. The molecule has 2 aromatic heterocycles. The second-order valence-corrected chi connectivity index (χ2v) is 5.42. The van der Waals surface area contributed by atoms with Crippen LogP contribution in [0, 0.1) is 12.0 Å². The van der Waals surface area contributed by atoms with Crippen LogP contribution in [-0.2, 0) is 0 Å². The molecule has 0 saturated carbocycles. The molecule has 0 spiro atoms. The zero-order valence-electron chi connectivity index (χ0n) is 12.0. The minimum atomic E-state index is 0.687. The molecule has 0 N–H and O–H groups in total. The Morgan fingerprint density at radius 3 is 2.57 bits per heavy atom. The van der Waals surface area contributed by atoms with Crippen molar-refractivity contribution in [1.82, 2.24) is 9.55 Å². The first-order valence-electron chi connectivity index (χ1n) is 7.10. The van der Waals surface area contributed by atoms with E-state index in [1.165, 1.54) is 0 Å². The molecule has 0 aliphatic carbocycles. The molecule has 4 heteroatoms. The maximum atomic E-state index is 5.91. The predicted molar refractivity (Wildman–Crippen MR) is 91.2 cm³/mol. The van der Waals surface area contributed by atoms with Gasteiger partial charge in [-0.05, 0) is 54.5 Å². The Bertz CT molecular complexity index is 1020. The third kappa shape index (κ3) is 2.61. The van der Waals surface area contributed by atoms with E-state index in [1.54, 1.807) is 6.26 Å². The number of hydrogen-bond acceptors (Lipinski definition) is 2. The summed E-state index contributed by atoms with van der Waals surface area (Å²) in [6.45, 7) is 0. The molecule has 0 aliphatic rings. The molecule has 0 saturated heterocycles. The summed E-state index contributed by atoms with van der Waals surface area (Å²) < 4.78 is 7.34. The zero-order chi connectivity index (χ0) is 15.6. The fourth-order valence-corrected chi connectivity index (χ4v) is 2.49. The molecule has 110 valence electrons. The van der Waals surface area contributed by atoms with Gasteiger partial charge in [0.15, 0.2) is 11.6 Å². The van der Waals surface area contributed by atoms with Gasteiger partial charge in [-0.1, -0.05) is 23.7 Å². The number of halogens is 1. The van der Waals surface area contributed by atoms with Gasteiger partial charge in [-0.25, -0.2) is 9.55 Å². The topological polar surface area (TPSA) is 31.0 Å². The lowest BCUT2D eigenvalue weighted by atomic mass is 10.2. The van der Waals surface area contributed by atoms with Crippen molar-refractivity contribution in [2.75, 3.05) is 0 Å². The Labute approximate surface area is 138 Å². The second-order valence-electron chi connectivity index (χ2n) is 4.98. The van der Waals surface area contributed by atoms with Gasteiger partial charge in [-0.2, -0.15) is 0 Å². The Morgan fingerprint density at radius 1 is 0.957 bits per heavy atom. The van der Waals surface area contributed by atoms with E-state index in [1.807, 2.05) is 65.2 Å². The summed E-state index contributed by atoms with van der Waals surface area (Å²) in [5, 5.41) is 0.694. The summed E-state index contributed by atoms with van der Waals surface area (Å²) in [5.74, 6) is 4.52. The maximum Gasteiger partial charge on any atom is 0.189 e. The van der Waals surface area contributed by atoms with E-state index in [-0.39, 0.29) is 0 Å². The van der Waals surface area contributed by atoms with E-state index in [0.29, 0.717) is 16.6 Å². The molecule has 23 heavy (non-hydrogen) atoms. The van der Waals surface area contributed by atoms with Crippen LogP contribution in [0.25, 0.3) is 22.6 Å². The molecule has 0 unspecified atom stereocenters. The van der Waals surface area contributed by atoms with Crippen molar-refractivity contribution >= 4 is 22.6 Å². The SMILES string of the molecule is Clc1ccc(C#Cn2c(-c3ccco3)nc3ccccc32)cc1. The first kappa shape index (κ1) is 13.7. The molecule has 0 fully saturated rings. The maximum absolute atomic E-state index is 5.91. The van der Waals surface area contributed by atoms with Gasteiger partial charge in [0.05, 0.1) is 17.3 Å². The molecule has 0 amide bonds. The first-order valence-corrected chi connectivity index (χ1v) is 7.48. The molecule has 0 bridgehead atoms. The van der Waals surface area contributed by atoms with Crippen LogP contribution in [0.2, 0.25) is 5.02 Å². The van der Waals surface area contributed by atoms with Crippen molar-refractivity contribution in [3.63, 3.8) is 0 Å². The normalized spacial score (nSPS) is 10.5. The van der Waals surface area contributed by atoms with Crippen molar-refractivity contribution < 1.29 is 4.42 Å². The fourth-order valence-electron chi connectivity index (χ4n) is 2.36. The largest absolute Gasteiger partial charge is 0.461 e. The second kappa shape index (κ2) is 5.68. The summed E-state index contributed by atoms with van der Waals surface area (Å²) in [5.41, 5.74) is 2.71. The number of aromatic nitrogens is 2. The standard InChI is InChI=1S/C19H11ClN2O/c20-15-9-7-14(8-10-15)11-12-22-17-5-2-1-4-16(17)21-19(22)18-6-3-13-23-18/h1-10,13H. The van der Waals surface area contributed by atoms with Gasteiger partial charge in [0.25, 0.3) is 0 Å². The van der Waals surface area contributed by atoms with Crippen LogP contribution >= 0.6 is 11.6 Å². The van der Waals surface area contributed by atoms with Gasteiger partial charge >= 0.3 is 0 Å². The van der Waals surface area contributed by atoms with Gasteiger partial charge < -0.3 is 4.42 Å². The van der Waals surface area contributed by atoms with Crippen molar-refractivity contribution in [3.05, 3.63) is 77.5 Å². The van der Waals surface area contributed by atoms with Crippen LogP contribution in [-0.4, -0.2) is 9.55 Å². The van der Waals surface area contributed by atoms with E-state index in [9.17, 15) is 0 Å². The van der Waals surface area contributed by atoms with Crippen LogP contribution in [0.5, 0.6) is 0 Å². The Kier molecular flexibility index (Phi) is 3.38. The molecular formula is C19H11ClN2O. The number of fused-ring (bicyclic) bond motifs is 1. The van der Waals surface area contributed by atoms with Crippen LogP contribution in [0.4, 0.5) is 0 Å². The summed E-state index contributed by atoms with van der Waals surface area (Å²) in [6.07, 6.45) is 1.63. The minimum Gasteiger partial charge on any atom is -0.461 e. The van der Waals surface area contributed by atoms with Crippen molar-refractivity contribution in [1.29, 1.82) is 0 Å². The lowest BCUT2D eigenvalue weighted by Gasteiger charge is -1.98. The number of nitrogens with zero attached hydrogens (tertiary/aromatic N) is 2. The van der Waals surface area contributed by atoms with Crippen LogP contribution < -0.4 is 0 Å². The monoisotopic (exact) mass is 318 g/mol. The quantitative estimate of drug-likeness (QED) is 0.472. The Balaban J connectivity index is 1.88. The van der Waals surface area contributed by atoms with Crippen molar-refractivity contribution in [2.24, 2.45) is 0 Å². The van der Waals surface area contributed by atoms with Gasteiger partial charge in [-0.15, -0.1) is 0 Å². The van der Waals surface area contributed by atoms with Gasteiger partial charge in [-0.3, -0.25) is 0 Å². The van der Waals surface area contributed by atoms with Crippen LogP contribution in [0.15, 0.2) is 71.3 Å². The molecular weight excluding hydrogens is 308 g/mol. The molecule has 0 atom stereocenters. The van der Waals surface area contributed by atoms with Crippen molar-refractivity contribution in [3.8, 4) is 23.5 Å². The Hall–Kier alpha value is -2.96. The summed E-state index contributed by atoms with van der Waals surface area (Å²) in [6, 6.07) is 22.2. The summed E-state index contributed by atoms with van der Waals surface area (Å²) in [4.78, 5) is 4.63. The van der Waals surface area contributed by atoms with E-state index < -0.39 is 0 Å². The third-order valence-corrected chi connectivity index (χ3v) is 3.71. The van der Waals surface area contributed by atoms with E-state index >= 15 is 0 Å². The number of furan rings is 1. The van der Waals surface area contributed by atoms with Gasteiger partial charge in [0.2, 0.25) is 0 Å². The highest BCUT2D eigenvalue weighted by Gasteiger charge is 2.12. The van der Waals surface area contributed by atoms with E-state index in [4.69, 9.17) is 16.0 Å². The average molecular weight is 319 g/mol. The fraction of sp³-hybridized carbons (Fsp3) is 0. The molecule has 0 radical (unpaired) electrons. The highest BCUT2D eigenvalue weighted by Crippen LogP contribution is 2.24. The molecule has 4 rings (SSSR count). The molecule has 3 nitrogen and oxygen atoms in total. The zero-order valence-corrected chi connectivity index (χ0v) is 12.8. The molecule has 2 aromatic carbocycles. The van der Waals surface area contributed by atoms with Crippen LogP contribution in [0.3, 0.4) is 0 Å². The number of benzene rings is 2. The summed E-state index contributed by atoms with van der Waals surface area (Å²) in [7, 11) is 0. The number of hydrogen-bond donors (Lipinski definition) is 0. The predicted octanol–water partition coefficient (Wildman–Crippen LogP) is 4.81. The molecule has 2 heterocycles. The number of para-hydroxylation sites is 2.